The largest absolute Gasteiger partial charge is 0.369 e. The third-order valence-corrected chi connectivity index (χ3v) is 10.9. The highest BCUT2D eigenvalue weighted by molar-refractivity contribution is 6.90. The Labute approximate surface area is 140 Å². The Morgan fingerprint density at radius 3 is 1.55 bits per heavy atom. The van der Waals surface area contributed by atoms with Crippen LogP contribution in [-0.2, 0) is 0 Å². The summed E-state index contributed by atoms with van der Waals surface area (Å²) in [6.07, 6.45) is 0. The van der Waals surface area contributed by atoms with Crippen LogP contribution in [0.2, 0.25) is 7.72 Å². The molecule has 104 valence electrons. The van der Waals surface area contributed by atoms with Gasteiger partial charge < -0.3 is 0 Å². The maximum Gasteiger partial charge on any atom is 0.369 e. The minimum Gasteiger partial charge on any atom is -0.147 e. The molecule has 20 heavy (non-hydrogen) atoms. The van der Waals surface area contributed by atoms with Crippen LogP contribution in [0.1, 0.15) is 20.8 Å². The van der Waals surface area contributed by atoms with Crippen LogP contribution in [0.15, 0.2) is 60.7 Å². The van der Waals surface area contributed by atoms with Gasteiger partial charge in [-0.15, -0.1) is 20.1 Å². The highest BCUT2D eigenvalue weighted by atomic mass is 35.5. The van der Waals surface area contributed by atoms with Crippen LogP contribution < -0.4 is 10.4 Å². The van der Waals surface area contributed by atoms with Crippen molar-refractivity contribution in [2.75, 3.05) is 0 Å². The van der Waals surface area contributed by atoms with E-state index in [1.165, 1.54) is 4.17 Å². The quantitative estimate of drug-likeness (QED) is 0.759. The molecule has 0 N–H and O–H groups in total. The van der Waals surface area contributed by atoms with E-state index >= 15 is 0 Å². The molecule has 0 spiro atoms. The summed E-state index contributed by atoms with van der Waals surface area (Å²) in [5, 5.41) is 3.20. The molecule has 2 aromatic carbocycles. The van der Waals surface area contributed by atoms with Gasteiger partial charge in [-0.1, -0.05) is 91.8 Å². The number of hydrogen-bond acceptors (Lipinski definition) is 0. The second-order valence-corrected chi connectivity index (χ2v) is 13.8. The number of hydrogen-bond donors (Lipinski definition) is 0. The summed E-state index contributed by atoms with van der Waals surface area (Å²) in [6, 6.07) is 22.4. The maximum absolute atomic E-state index is 2.40. The molecule has 0 aliphatic rings. The molecule has 0 saturated heterocycles. The average molecular weight is 315 g/mol. The summed E-state index contributed by atoms with van der Waals surface area (Å²) >= 11 is -0.0237. The van der Waals surface area contributed by atoms with Gasteiger partial charge in [0.05, 0.1) is 8.80 Å². The van der Waals surface area contributed by atoms with Gasteiger partial charge in [0.15, 0.2) is 0 Å². The zero-order chi connectivity index (χ0) is 13.7. The van der Waals surface area contributed by atoms with Gasteiger partial charge in [-0.3, -0.25) is 0 Å². The lowest BCUT2D eigenvalue weighted by molar-refractivity contribution is 0.754. The fraction of sp³-hybridized carbons (Fsp3) is 0.294. The smallest absolute Gasteiger partial charge is 0.147 e. The molecule has 2 rings (SSSR count). The predicted octanol–water partition coefficient (Wildman–Crippen LogP) is 3.33. The molecule has 0 heterocycles. The molecule has 0 saturated carbocycles. The third kappa shape index (κ3) is 5.60. The summed E-state index contributed by atoms with van der Waals surface area (Å²) in [4.78, 5) is 0. The van der Waals surface area contributed by atoms with E-state index in [1.807, 2.05) is 0 Å². The van der Waals surface area contributed by atoms with Gasteiger partial charge in [-0.25, -0.2) is 0 Å². The zero-order valence-electron chi connectivity index (χ0n) is 12.7. The second kappa shape index (κ2) is 8.23. The van der Waals surface area contributed by atoms with Crippen LogP contribution >= 0.6 is 12.4 Å². The minimum atomic E-state index is -0.988. The van der Waals surface area contributed by atoms with Gasteiger partial charge in [0.2, 0.25) is 0 Å². The van der Waals surface area contributed by atoms with Gasteiger partial charge in [0.25, 0.3) is 0 Å². The van der Waals surface area contributed by atoms with E-state index in [2.05, 4.69) is 81.4 Å². The molecule has 0 bridgehead atoms. The van der Waals surface area contributed by atoms with E-state index in [9.17, 15) is 0 Å². The van der Waals surface area contributed by atoms with Crippen molar-refractivity contribution in [1.82, 2.24) is 0 Å². The minimum absolute atomic E-state index is 0. The van der Waals surface area contributed by atoms with Crippen molar-refractivity contribution in [2.24, 2.45) is 0 Å². The van der Waals surface area contributed by atoms with Crippen LogP contribution in [0, 0.1) is 0 Å². The molecular formula is C17H23ClMgSi. The van der Waals surface area contributed by atoms with Gasteiger partial charge in [-0.2, -0.15) is 0 Å². The van der Waals surface area contributed by atoms with Gasteiger partial charge in [0.1, 0.15) is 0 Å². The molecule has 0 aromatic heterocycles. The topological polar surface area (TPSA) is 0 Å². The Kier molecular flexibility index (Phi) is 7.31. The predicted molar refractivity (Wildman–Crippen MR) is 96.8 cm³/mol. The first kappa shape index (κ1) is 17.8. The van der Waals surface area contributed by atoms with E-state index in [4.69, 9.17) is 0 Å². The van der Waals surface area contributed by atoms with Crippen LogP contribution in [-0.4, -0.2) is 29.2 Å². The number of halogens is 1. The van der Waals surface area contributed by atoms with Crippen molar-refractivity contribution < 1.29 is 0 Å². The Bertz CT molecular complexity index is 454. The SMILES string of the molecule is C[C](C)(C)[Mg][CH2][SiH](c1ccccc1)c1ccccc1.Cl. The lowest BCUT2D eigenvalue weighted by Gasteiger charge is -2.22. The summed E-state index contributed by atoms with van der Waals surface area (Å²) in [5.41, 5.74) is 0. The van der Waals surface area contributed by atoms with Crippen molar-refractivity contribution in [2.45, 2.75) is 28.5 Å². The Morgan fingerprint density at radius 1 is 0.800 bits per heavy atom. The fourth-order valence-corrected chi connectivity index (χ4v) is 11.5. The Balaban J connectivity index is 0.00000200. The normalized spacial score (nSPS) is 10.8. The average Bonchev–Trinajstić information content (AvgIpc) is 2.40. The van der Waals surface area contributed by atoms with Crippen molar-refractivity contribution >= 4 is 51.9 Å². The third-order valence-electron chi connectivity index (χ3n) is 3.59. The van der Waals surface area contributed by atoms with Crippen molar-refractivity contribution in [1.29, 1.82) is 0 Å². The van der Waals surface area contributed by atoms with E-state index < -0.39 is 8.80 Å². The first-order valence-electron chi connectivity index (χ1n) is 7.16. The van der Waals surface area contributed by atoms with E-state index in [-0.39, 0.29) is 32.8 Å². The highest BCUT2D eigenvalue weighted by Crippen LogP contribution is 2.21. The molecule has 3 heteroatoms. The summed E-state index contributed by atoms with van der Waals surface area (Å²) < 4.78 is 2.05. The summed E-state index contributed by atoms with van der Waals surface area (Å²) in [5.74, 6) is 0. The van der Waals surface area contributed by atoms with Crippen molar-refractivity contribution in [3.05, 3.63) is 60.7 Å². The standard InChI is InChI=1S/C13H13Si.C4H9.ClH.Mg/c1-14(12-8-4-2-5-9-12)13-10-6-3-7-11-13;1-4(2)3;;/h2-11,14H,1H2;1-3H3;1H;. The number of benzene rings is 2. The maximum atomic E-state index is 2.40. The molecular weight excluding hydrogens is 292 g/mol. The van der Waals surface area contributed by atoms with Crippen LogP contribution in [0.3, 0.4) is 0 Å². The molecule has 0 unspecified atom stereocenters. The summed E-state index contributed by atoms with van der Waals surface area (Å²) in [6.45, 7) is 7.21. The molecule has 0 aliphatic carbocycles. The van der Waals surface area contributed by atoms with Crippen LogP contribution in [0.4, 0.5) is 0 Å². The van der Waals surface area contributed by atoms with Gasteiger partial charge in [-0.05, 0) is 0 Å². The second-order valence-electron chi connectivity index (χ2n) is 6.47. The van der Waals surface area contributed by atoms with Crippen LogP contribution in [0.5, 0.6) is 0 Å². The Morgan fingerprint density at radius 2 is 1.20 bits per heavy atom. The molecule has 2 aromatic rings. The summed E-state index contributed by atoms with van der Waals surface area (Å²) in [7, 11) is -0.988. The first-order chi connectivity index (χ1) is 9.06. The highest BCUT2D eigenvalue weighted by Gasteiger charge is 2.22. The molecule has 0 aliphatic heterocycles. The van der Waals surface area contributed by atoms with Crippen LogP contribution in [0.25, 0.3) is 0 Å². The lowest BCUT2D eigenvalue weighted by atomic mass is 10.2. The monoisotopic (exact) mass is 314 g/mol. The molecule has 0 amide bonds. The van der Waals surface area contributed by atoms with Gasteiger partial charge in [0, 0.05) is 0 Å². The van der Waals surface area contributed by atoms with Crippen molar-refractivity contribution in [3.63, 3.8) is 0 Å². The van der Waals surface area contributed by atoms with E-state index in [1.54, 1.807) is 10.4 Å². The number of rotatable bonds is 4. The van der Waals surface area contributed by atoms with Crippen molar-refractivity contribution in [3.8, 4) is 0 Å². The molecule has 0 nitrogen and oxygen atoms in total. The van der Waals surface area contributed by atoms with E-state index in [0.29, 0.717) is 3.54 Å². The zero-order valence-corrected chi connectivity index (χ0v) is 16.1. The molecule has 0 fully saturated rings. The molecule has 0 atom stereocenters. The lowest BCUT2D eigenvalue weighted by Crippen LogP contribution is -2.43. The first-order valence-corrected chi connectivity index (χ1v) is 10.8. The molecule has 0 radical (unpaired) electrons. The Hall–Kier alpha value is -0.287. The van der Waals surface area contributed by atoms with E-state index in [0.717, 1.165) is 0 Å². The van der Waals surface area contributed by atoms with Gasteiger partial charge >= 0.3 is 20.4 Å². The fourth-order valence-electron chi connectivity index (χ4n) is 2.47.